The van der Waals surface area contributed by atoms with Crippen molar-refractivity contribution in [2.75, 3.05) is 5.32 Å². The molecule has 0 fully saturated rings. The standard InChI is InChI=1S/C11H9N3/c1-2-4-8(5-3-1)12-10-6-9-7-11(13-9)14-10/h1-6H,7H2,(H,12,13,14). The Balaban J connectivity index is 1.87. The summed E-state index contributed by atoms with van der Waals surface area (Å²) in [7, 11) is 0. The molecule has 2 aliphatic rings. The van der Waals surface area contributed by atoms with Crippen molar-refractivity contribution >= 4 is 11.5 Å². The number of nitrogens with one attached hydrogen (secondary N) is 1. The first kappa shape index (κ1) is 7.50. The first-order chi connectivity index (χ1) is 6.90. The largest absolute Gasteiger partial charge is 0.340 e. The quantitative estimate of drug-likeness (QED) is 0.661. The molecule has 68 valence electrons. The molecule has 0 spiro atoms. The molecule has 2 aliphatic heterocycles. The molecule has 0 atom stereocenters. The lowest BCUT2D eigenvalue weighted by Crippen LogP contribution is -2.12. The molecule has 0 unspecified atom stereocenters. The van der Waals surface area contributed by atoms with E-state index < -0.39 is 0 Å². The smallest absolute Gasteiger partial charge is 0.136 e. The van der Waals surface area contributed by atoms with Crippen LogP contribution in [0.25, 0.3) is 0 Å². The maximum absolute atomic E-state index is 4.32. The van der Waals surface area contributed by atoms with Crippen LogP contribution >= 0.6 is 0 Å². The number of hydrogen-bond acceptors (Lipinski definition) is 3. The molecule has 0 saturated heterocycles. The predicted molar refractivity (Wildman–Crippen MR) is 54.6 cm³/mol. The van der Waals surface area contributed by atoms with E-state index in [1.54, 1.807) is 0 Å². The Hall–Kier alpha value is -1.90. The monoisotopic (exact) mass is 183 g/mol. The van der Waals surface area contributed by atoms with Crippen LogP contribution in [0.15, 0.2) is 36.4 Å². The van der Waals surface area contributed by atoms with Crippen molar-refractivity contribution in [3.63, 3.8) is 0 Å². The molecular weight excluding hydrogens is 174 g/mol. The average Bonchev–Trinajstić information content (AvgIpc) is 2.18. The summed E-state index contributed by atoms with van der Waals surface area (Å²) < 4.78 is 0. The lowest BCUT2D eigenvalue weighted by molar-refractivity contribution is 0.821. The summed E-state index contributed by atoms with van der Waals surface area (Å²) in [4.78, 5) is 8.49. The van der Waals surface area contributed by atoms with Gasteiger partial charge in [0.15, 0.2) is 0 Å². The number of aromatic nitrogens is 2. The minimum Gasteiger partial charge on any atom is -0.340 e. The third kappa shape index (κ3) is 1.23. The van der Waals surface area contributed by atoms with Crippen LogP contribution < -0.4 is 5.32 Å². The highest BCUT2D eigenvalue weighted by atomic mass is 15.1. The fourth-order valence-electron chi connectivity index (χ4n) is 1.53. The van der Waals surface area contributed by atoms with Crippen LogP contribution in [0.5, 0.6) is 0 Å². The predicted octanol–water partition coefficient (Wildman–Crippen LogP) is 2.12. The zero-order chi connectivity index (χ0) is 9.38. The molecule has 14 heavy (non-hydrogen) atoms. The second kappa shape index (κ2) is 2.80. The van der Waals surface area contributed by atoms with Gasteiger partial charge < -0.3 is 5.32 Å². The van der Waals surface area contributed by atoms with Gasteiger partial charge >= 0.3 is 0 Å². The summed E-state index contributed by atoms with van der Waals surface area (Å²) in [6.07, 6.45) is 0.931. The second-order valence-electron chi connectivity index (χ2n) is 3.33. The average molecular weight is 183 g/mol. The van der Waals surface area contributed by atoms with Crippen LogP contribution in [0.1, 0.15) is 11.5 Å². The summed E-state index contributed by atoms with van der Waals surface area (Å²) in [6, 6.07) is 12.0. The van der Waals surface area contributed by atoms with Crippen LogP contribution in [0, 0.1) is 0 Å². The molecule has 0 aliphatic carbocycles. The Morgan fingerprint density at radius 1 is 1.07 bits per heavy atom. The number of nitrogens with zero attached hydrogens (tertiary/aromatic N) is 2. The van der Waals surface area contributed by atoms with Gasteiger partial charge in [-0.15, -0.1) is 0 Å². The van der Waals surface area contributed by atoms with Gasteiger partial charge in [0.25, 0.3) is 0 Å². The molecule has 2 bridgehead atoms. The Bertz CT molecular complexity index is 445. The van der Waals surface area contributed by atoms with Gasteiger partial charge in [0.2, 0.25) is 0 Å². The van der Waals surface area contributed by atoms with Gasteiger partial charge in [-0.25, -0.2) is 9.97 Å². The fourth-order valence-corrected chi connectivity index (χ4v) is 1.53. The van der Waals surface area contributed by atoms with Crippen LogP contribution in [0.3, 0.4) is 0 Å². The summed E-state index contributed by atoms with van der Waals surface area (Å²) >= 11 is 0. The van der Waals surface area contributed by atoms with Gasteiger partial charge in [0.1, 0.15) is 11.6 Å². The fraction of sp³-hybridized carbons (Fsp3) is 0.0909. The van der Waals surface area contributed by atoms with Gasteiger partial charge in [-0.2, -0.15) is 0 Å². The number of benzene rings is 1. The van der Waals surface area contributed by atoms with Crippen molar-refractivity contribution in [1.29, 1.82) is 0 Å². The molecule has 1 N–H and O–H groups in total. The van der Waals surface area contributed by atoms with Gasteiger partial charge in [-0.1, -0.05) is 18.2 Å². The van der Waals surface area contributed by atoms with E-state index >= 15 is 0 Å². The Kier molecular flexibility index (Phi) is 1.50. The van der Waals surface area contributed by atoms with Crippen molar-refractivity contribution in [2.24, 2.45) is 0 Å². The number of hydrogen-bond donors (Lipinski definition) is 1. The molecule has 0 radical (unpaired) electrons. The lowest BCUT2D eigenvalue weighted by atomic mass is 10.2. The van der Waals surface area contributed by atoms with E-state index in [1.807, 2.05) is 36.4 Å². The van der Waals surface area contributed by atoms with E-state index in [0.29, 0.717) is 0 Å². The molecule has 3 heterocycles. The maximum atomic E-state index is 4.32. The first-order valence-electron chi connectivity index (χ1n) is 4.59. The molecule has 3 nitrogen and oxygen atoms in total. The van der Waals surface area contributed by atoms with Crippen molar-refractivity contribution in [3.05, 3.63) is 47.9 Å². The maximum Gasteiger partial charge on any atom is 0.136 e. The number of para-hydroxylation sites is 1. The van der Waals surface area contributed by atoms with E-state index in [0.717, 1.165) is 29.4 Å². The summed E-state index contributed by atoms with van der Waals surface area (Å²) in [5.41, 5.74) is 2.18. The highest BCUT2D eigenvalue weighted by molar-refractivity contribution is 5.57. The molecule has 4 rings (SSSR count). The molecule has 0 amide bonds. The number of rotatable bonds is 2. The van der Waals surface area contributed by atoms with Gasteiger partial charge in [0, 0.05) is 11.8 Å². The van der Waals surface area contributed by atoms with Crippen molar-refractivity contribution in [3.8, 4) is 0 Å². The summed E-state index contributed by atoms with van der Waals surface area (Å²) in [6.45, 7) is 0. The third-order valence-corrected chi connectivity index (χ3v) is 2.21. The lowest BCUT2D eigenvalue weighted by Gasteiger charge is -2.15. The Morgan fingerprint density at radius 3 is 2.50 bits per heavy atom. The minimum atomic E-state index is 0.891. The van der Waals surface area contributed by atoms with Gasteiger partial charge in [0.05, 0.1) is 12.1 Å². The van der Waals surface area contributed by atoms with Crippen LogP contribution in [0.4, 0.5) is 11.5 Å². The molecule has 2 aromatic rings. The number of anilines is 2. The van der Waals surface area contributed by atoms with E-state index in [-0.39, 0.29) is 0 Å². The second-order valence-corrected chi connectivity index (χ2v) is 3.33. The highest BCUT2D eigenvalue weighted by Gasteiger charge is 2.14. The third-order valence-electron chi connectivity index (χ3n) is 2.21. The zero-order valence-electron chi connectivity index (χ0n) is 7.57. The van der Waals surface area contributed by atoms with Gasteiger partial charge in [-0.3, -0.25) is 0 Å². The van der Waals surface area contributed by atoms with Crippen molar-refractivity contribution in [2.45, 2.75) is 6.42 Å². The Labute approximate surface area is 81.8 Å². The van der Waals surface area contributed by atoms with E-state index in [4.69, 9.17) is 0 Å². The SMILES string of the molecule is c1ccc(Nc2cc3nc(n2)C3)cc1. The molecular formula is C11H9N3. The van der Waals surface area contributed by atoms with Crippen molar-refractivity contribution in [1.82, 2.24) is 9.97 Å². The number of fused-ring (bicyclic) bond motifs is 2. The molecule has 1 aromatic heterocycles. The summed E-state index contributed by atoms with van der Waals surface area (Å²) in [5, 5.41) is 3.23. The zero-order valence-corrected chi connectivity index (χ0v) is 7.57. The van der Waals surface area contributed by atoms with E-state index in [9.17, 15) is 0 Å². The van der Waals surface area contributed by atoms with Crippen LogP contribution in [-0.4, -0.2) is 9.97 Å². The van der Waals surface area contributed by atoms with E-state index in [1.165, 1.54) is 0 Å². The summed E-state index contributed by atoms with van der Waals surface area (Å²) in [5.74, 6) is 1.82. The minimum absolute atomic E-state index is 0.891. The Morgan fingerprint density at radius 2 is 1.86 bits per heavy atom. The highest BCUT2D eigenvalue weighted by Crippen LogP contribution is 2.21. The topological polar surface area (TPSA) is 37.8 Å². The van der Waals surface area contributed by atoms with Crippen LogP contribution in [-0.2, 0) is 6.42 Å². The molecule has 3 heteroatoms. The normalized spacial score (nSPS) is 12.0. The van der Waals surface area contributed by atoms with Crippen molar-refractivity contribution < 1.29 is 0 Å². The first-order valence-corrected chi connectivity index (χ1v) is 4.59. The van der Waals surface area contributed by atoms with E-state index in [2.05, 4.69) is 15.3 Å². The molecule has 0 saturated carbocycles. The van der Waals surface area contributed by atoms with Crippen LogP contribution in [0.2, 0.25) is 0 Å². The molecule has 1 aromatic carbocycles. The van der Waals surface area contributed by atoms with Gasteiger partial charge in [-0.05, 0) is 12.1 Å².